The molecule has 1 atom stereocenters. The van der Waals surface area contributed by atoms with Gasteiger partial charge in [-0.25, -0.2) is 0 Å². The predicted molar refractivity (Wildman–Crippen MR) is 191 cm³/mol. The molecule has 1 unspecified atom stereocenters. The minimum absolute atomic E-state index is 0.137. The number of rotatable bonds is 17. The first kappa shape index (κ1) is 33.5. The van der Waals surface area contributed by atoms with Crippen LogP contribution in [0.5, 0.6) is 0 Å². The Morgan fingerprint density at radius 3 is 2.00 bits per heavy atom. The van der Waals surface area contributed by atoms with Crippen LogP contribution in [0, 0.1) is 0 Å². The molecule has 5 rings (SSSR count). The Hall–Kier alpha value is -3.82. The summed E-state index contributed by atoms with van der Waals surface area (Å²) in [7, 11) is 0. The van der Waals surface area contributed by atoms with Crippen LogP contribution in [-0.4, -0.2) is 29.6 Å². The zero-order valence-electron chi connectivity index (χ0n) is 28.0. The van der Waals surface area contributed by atoms with E-state index < -0.39 is 0 Å². The van der Waals surface area contributed by atoms with Gasteiger partial charge in [-0.05, 0) is 123 Å². The monoisotopic (exact) mass is 613 g/mol. The number of benzene rings is 4. The van der Waals surface area contributed by atoms with Crippen molar-refractivity contribution in [2.24, 2.45) is 0 Å². The van der Waals surface area contributed by atoms with Crippen molar-refractivity contribution in [1.82, 2.24) is 4.90 Å². The SMILES string of the molecule is CCC(=O)CCCCN(CCc1ccccc1CCc1ccc(CCc2ccccc2)cc1)C1CCCc2cc(C(C)=O)ccc21. The first-order valence-electron chi connectivity index (χ1n) is 17.6. The highest BCUT2D eigenvalue weighted by molar-refractivity contribution is 5.94. The number of aryl methyl sites for hydroxylation is 5. The van der Waals surface area contributed by atoms with Crippen LogP contribution in [-0.2, 0) is 43.3 Å². The number of fused-ring (bicyclic) bond motifs is 1. The third kappa shape index (κ3) is 9.59. The highest BCUT2D eigenvalue weighted by atomic mass is 16.1. The van der Waals surface area contributed by atoms with Crippen molar-refractivity contribution in [3.63, 3.8) is 0 Å². The molecule has 0 amide bonds. The number of carbonyl (C=O) groups is 2. The molecular weight excluding hydrogens is 562 g/mol. The molecular formula is C43H51NO2. The minimum Gasteiger partial charge on any atom is -0.300 e. The van der Waals surface area contributed by atoms with Crippen molar-refractivity contribution >= 4 is 11.6 Å². The Labute approximate surface area is 277 Å². The average molecular weight is 614 g/mol. The summed E-state index contributed by atoms with van der Waals surface area (Å²) in [5.74, 6) is 0.500. The zero-order valence-corrected chi connectivity index (χ0v) is 28.0. The number of nitrogens with zero attached hydrogens (tertiary/aromatic N) is 1. The lowest BCUT2D eigenvalue weighted by Crippen LogP contribution is -2.34. The average Bonchev–Trinajstić information content (AvgIpc) is 3.10. The maximum atomic E-state index is 12.1. The Kier molecular flexibility index (Phi) is 12.5. The number of unbranched alkanes of at least 4 members (excludes halogenated alkanes) is 1. The fourth-order valence-corrected chi connectivity index (χ4v) is 7.02. The maximum absolute atomic E-state index is 12.1. The number of ketones is 2. The lowest BCUT2D eigenvalue weighted by Gasteiger charge is -2.36. The van der Waals surface area contributed by atoms with Gasteiger partial charge in [0.05, 0.1) is 0 Å². The van der Waals surface area contributed by atoms with Gasteiger partial charge in [-0.15, -0.1) is 0 Å². The van der Waals surface area contributed by atoms with E-state index >= 15 is 0 Å². The quantitative estimate of drug-likeness (QED) is 0.0879. The molecule has 46 heavy (non-hydrogen) atoms. The van der Waals surface area contributed by atoms with E-state index in [4.69, 9.17) is 0 Å². The number of hydrogen-bond donors (Lipinski definition) is 0. The first-order valence-corrected chi connectivity index (χ1v) is 17.6. The summed E-state index contributed by atoms with van der Waals surface area (Å²) in [6, 6.07) is 35.7. The van der Waals surface area contributed by atoms with Crippen LogP contribution in [0.4, 0.5) is 0 Å². The third-order valence-corrected chi connectivity index (χ3v) is 9.86. The molecule has 0 N–H and O–H groups in total. The second-order valence-corrected chi connectivity index (χ2v) is 13.1. The first-order chi connectivity index (χ1) is 22.5. The van der Waals surface area contributed by atoms with Crippen LogP contribution in [0.2, 0.25) is 0 Å². The van der Waals surface area contributed by atoms with Gasteiger partial charge in [0.1, 0.15) is 5.78 Å². The van der Waals surface area contributed by atoms with Crippen molar-refractivity contribution in [2.45, 2.75) is 96.9 Å². The van der Waals surface area contributed by atoms with Gasteiger partial charge in [0.15, 0.2) is 5.78 Å². The fraction of sp³-hybridized carbons (Fsp3) is 0.395. The molecule has 0 saturated carbocycles. The van der Waals surface area contributed by atoms with E-state index in [1.54, 1.807) is 6.92 Å². The Morgan fingerprint density at radius 2 is 1.33 bits per heavy atom. The van der Waals surface area contributed by atoms with E-state index in [2.05, 4.69) is 95.9 Å². The molecule has 0 bridgehead atoms. The van der Waals surface area contributed by atoms with Crippen molar-refractivity contribution in [2.75, 3.05) is 13.1 Å². The van der Waals surface area contributed by atoms with E-state index in [-0.39, 0.29) is 5.78 Å². The molecule has 3 nitrogen and oxygen atoms in total. The van der Waals surface area contributed by atoms with Crippen LogP contribution in [0.15, 0.2) is 97.1 Å². The third-order valence-electron chi connectivity index (χ3n) is 9.86. The lowest BCUT2D eigenvalue weighted by atomic mass is 9.85. The second kappa shape index (κ2) is 17.2. The molecule has 0 saturated heterocycles. The standard InChI is InChI=1S/C43H51NO2/c1-3-41(46)17-9-10-30-44(43-18-11-16-40-32-39(33(2)45)27-28-42(40)43)31-29-38-15-8-7-14-37(38)26-25-36-23-21-35(22-24-36)20-19-34-12-5-4-6-13-34/h4-8,12-15,21-24,27-28,32,43H,3,9-11,16-20,25-26,29-31H2,1-2H3. The van der Waals surface area contributed by atoms with E-state index in [1.165, 1.54) is 38.9 Å². The summed E-state index contributed by atoms with van der Waals surface area (Å²) in [6.45, 7) is 5.61. The van der Waals surface area contributed by atoms with E-state index in [9.17, 15) is 9.59 Å². The Balaban J connectivity index is 1.23. The summed E-state index contributed by atoms with van der Waals surface area (Å²) in [5, 5.41) is 0. The van der Waals surface area contributed by atoms with Gasteiger partial charge >= 0.3 is 0 Å². The van der Waals surface area contributed by atoms with Crippen LogP contribution < -0.4 is 0 Å². The summed E-state index contributed by atoms with van der Waals surface area (Å²) in [5.41, 5.74) is 10.6. The molecule has 0 aliphatic heterocycles. The molecule has 1 aliphatic rings. The van der Waals surface area contributed by atoms with Gasteiger partial charge in [-0.2, -0.15) is 0 Å². The number of hydrogen-bond acceptors (Lipinski definition) is 3. The van der Waals surface area contributed by atoms with Crippen molar-refractivity contribution in [3.05, 3.63) is 142 Å². The molecule has 240 valence electrons. The van der Waals surface area contributed by atoms with Crippen LogP contribution in [0.25, 0.3) is 0 Å². The lowest BCUT2D eigenvalue weighted by molar-refractivity contribution is -0.118. The van der Waals surface area contributed by atoms with Crippen LogP contribution >= 0.6 is 0 Å². The molecule has 0 fully saturated rings. The Morgan fingerprint density at radius 1 is 0.696 bits per heavy atom. The highest BCUT2D eigenvalue weighted by Gasteiger charge is 2.26. The van der Waals surface area contributed by atoms with Crippen molar-refractivity contribution < 1.29 is 9.59 Å². The van der Waals surface area contributed by atoms with Crippen molar-refractivity contribution in [1.29, 1.82) is 0 Å². The molecule has 0 aromatic heterocycles. The largest absolute Gasteiger partial charge is 0.300 e. The smallest absolute Gasteiger partial charge is 0.159 e. The zero-order chi connectivity index (χ0) is 32.1. The fourth-order valence-electron chi connectivity index (χ4n) is 7.02. The van der Waals surface area contributed by atoms with Gasteiger partial charge in [-0.3, -0.25) is 14.5 Å². The van der Waals surface area contributed by atoms with Gasteiger partial charge in [0.2, 0.25) is 0 Å². The number of Topliss-reactive ketones (excluding diaryl/α,β-unsaturated/α-hetero) is 2. The molecule has 0 spiro atoms. The minimum atomic E-state index is 0.137. The Bertz CT molecular complexity index is 1560. The molecule has 4 aromatic carbocycles. The van der Waals surface area contributed by atoms with E-state index in [0.717, 1.165) is 82.9 Å². The summed E-state index contributed by atoms with van der Waals surface area (Å²) in [6.07, 6.45) is 11.9. The van der Waals surface area contributed by atoms with Crippen LogP contribution in [0.1, 0.15) is 108 Å². The summed E-state index contributed by atoms with van der Waals surface area (Å²) < 4.78 is 0. The molecule has 3 heteroatoms. The van der Waals surface area contributed by atoms with E-state index in [0.29, 0.717) is 24.7 Å². The van der Waals surface area contributed by atoms with Gasteiger partial charge < -0.3 is 0 Å². The number of carbonyl (C=O) groups excluding carboxylic acids is 2. The summed E-state index contributed by atoms with van der Waals surface area (Å²) >= 11 is 0. The van der Waals surface area contributed by atoms with Crippen molar-refractivity contribution in [3.8, 4) is 0 Å². The molecule has 0 heterocycles. The molecule has 1 aliphatic carbocycles. The molecule has 0 radical (unpaired) electrons. The second-order valence-electron chi connectivity index (χ2n) is 13.1. The molecule has 4 aromatic rings. The van der Waals surface area contributed by atoms with Gasteiger partial charge in [0, 0.05) is 31.0 Å². The van der Waals surface area contributed by atoms with E-state index in [1.807, 2.05) is 13.0 Å². The van der Waals surface area contributed by atoms with Gasteiger partial charge in [-0.1, -0.05) is 97.9 Å². The topological polar surface area (TPSA) is 37.4 Å². The summed E-state index contributed by atoms with van der Waals surface area (Å²) in [4.78, 5) is 26.7. The maximum Gasteiger partial charge on any atom is 0.159 e. The predicted octanol–water partition coefficient (Wildman–Crippen LogP) is 9.53. The van der Waals surface area contributed by atoms with Crippen LogP contribution in [0.3, 0.4) is 0 Å². The highest BCUT2D eigenvalue weighted by Crippen LogP contribution is 2.35. The normalized spacial score (nSPS) is 14.3. The van der Waals surface area contributed by atoms with Gasteiger partial charge in [0.25, 0.3) is 0 Å².